The Bertz CT molecular complexity index is 360. The number of hydrogen-bond donors (Lipinski definition) is 1. The Hall–Kier alpha value is -0.350. The van der Waals surface area contributed by atoms with Crippen LogP contribution in [0.4, 0.5) is 0 Å². The van der Waals surface area contributed by atoms with Gasteiger partial charge in [0.15, 0.2) is 0 Å². The van der Waals surface area contributed by atoms with Crippen LogP contribution >= 0.6 is 15.9 Å². The third-order valence-electron chi connectivity index (χ3n) is 3.49. The van der Waals surface area contributed by atoms with Crippen LogP contribution in [0.5, 0.6) is 0 Å². The summed E-state index contributed by atoms with van der Waals surface area (Å²) in [5.41, 5.74) is 2.35. The van der Waals surface area contributed by atoms with E-state index in [4.69, 9.17) is 0 Å². The van der Waals surface area contributed by atoms with E-state index in [1.807, 2.05) is 25.7 Å². The zero-order valence-electron chi connectivity index (χ0n) is 11.5. The molecule has 0 radical (unpaired) electrons. The lowest BCUT2D eigenvalue weighted by molar-refractivity contribution is 0.404. The second-order valence-corrected chi connectivity index (χ2v) is 5.70. The van der Waals surface area contributed by atoms with Gasteiger partial charge in [0.05, 0.1) is 15.9 Å². The van der Waals surface area contributed by atoms with E-state index in [9.17, 15) is 0 Å². The number of rotatable bonds is 6. The summed E-state index contributed by atoms with van der Waals surface area (Å²) < 4.78 is 3.14. The van der Waals surface area contributed by atoms with Crippen molar-refractivity contribution in [2.75, 3.05) is 7.05 Å². The quantitative estimate of drug-likeness (QED) is 0.875. The molecule has 0 spiro atoms. The predicted octanol–water partition coefficient (Wildman–Crippen LogP) is 3.06. The highest BCUT2D eigenvalue weighted by Crippen LogP contribution is 2.23. The summed E-state index contributed by atoms with van der Waals surface area (Å²) in [5, 5.41) is 7.86. The van der Waals surface area contributed by atoms with Gasteiger partial charge in [0.2, 0.25) is 0 Å². The summed E-state index contributed by atoms with van der Waals surface area (Å²) in [6.07, 6.45) is 3.48. The monoisotopic (exact) mass is 301 g/mol. The Morgan fingerprint density at radius 3 is 2.53 bits per heavy atom. The summed E-state index contributed by atoms with van der Waals surface area (Å²) in [5.74, 6) is 0.764. The molecule has 4 heteroatoms. The van der Waals surface area contributed by atoms with Crippen molar-refractivity contribution in [2.45, 2.75) is 46.1 Å². The topological polar surface area (TPSA) is 29.9 Å². The van der Waals surface area contributed by atoms with E-state index in [0.29, 0.717) is 6.04 Å². The van der Waals surface area contributed by atoms with Crippen molar-refractivity contribution in [1.82, 2.24) is 15.1 Å². The Kier molecular flexibility index (Phi) is 5.67. The molecule has 1 aromatic heterocycles. The first-order chi connectivity index (χ1) is 7.99. The van der Waals surface area contributed by atoms with Crippen LogP contribution in [-0.2, 0) is 13.5 Å². The van der Waals surface area contributed by atoms with Gasteiger partial charge in [-0.05, 0) is 42.2 Å². The molecule has 0 aliphatic rings. The van der Waals surface area contributed by atoms with E-state index in [0.717, 1.165) is 22.5 Å². The molecule has 2 atom stereocenters. The normalized spacial score (nSPS) is 14.9. The number of aryl methyl sites for hydroxylation is 2. The standard InChI is InChI=1S/C13H24BrN3/c1-6-9(2)7-11(15-4)8-12-13(14)10(3)16-17(12)5/h9,11,15H,6-8H2,1-5H3. The third-order valence-corrected chi connectivity index (χ3v) is 4.52. The molecule has 0 saturated heterocycles. The molecule has 3 nitrogen and oxygen atoms in total. The van der Waals surface area contributed by atoms with Crippen molar-refractivity contribution in [3.8, 4) is 0 Å². The summed E-state index contributed by atoms with van der Waals surface area (Å²) in [4.78, 5) is 0. The number of nitrogens with one attached hydrogen (secondary N) is 1. The van der Waals surface area contributed by atoms with Crippen molar-refractivity contribution in [3.63, 3.8) is 0 Å². The molecule has 2 unspecified atom stereocenters. The maximum Gasteiger partial charge on any atom is 0.0738 e. The van der Waals surface area contributed by atoms with Gasteiger partial charge in [-0.3, -0.25) is 4.68 Å². The molecular weight excluding hydrogens is 278 g/mol. The Balaban J connectivity index is 2.73. The van der Waals surface area contributed by atoms with Gasteiger partial charge < -0.3 is 5.32 Å². The largest absolute Gasteiger partial charge is 0.317 e. The average Bonchev–Trinajstić information content (AvgIpc) is 2.54. The molecule has 98 valence electrons. The first-order valence-corrected chi connectivity index (χ1v) is 7.14. The van der Waals surface area contributed by atoms with Crippen molar-refractivity contribution in [2.24, 2.45) is 13.0 Å². The smallest absolute Gasteiger partial charge is 0.0738 e. The van der Waals surface area contributed by atoms with Crippen LogP contribution < -0.4 is 5.32 Å². The molecule has 0 fully saturated rings. The van der Waals surface area contributed by atoms with Crippen molar-refractivity contribution < 1.29 is 0 Å². The number of nitrogens with zero attached hydrogens (tertiary/aromatic N) is 2. The highest BCUT2D eigenvalue weighted by molar-refractivity contribution is 9.10. The highest BCUT2D eigenvalue weighted by atomic mass is 79.9. The fraction of sp³-hybridized carbons (Fsp3) is 0.769. The molecule has 0 amide bonds. The Morgan fingerprint density at radius 2 is 2.12 bits per heavy atom. The number of hydrogen-bond acceptors (Lipinski definition) is 2. The number of aromatic nitrogens is 2. The minimum absolute atomic E-state index is 0.524. The summed E-state index contributed by atoms with van der Waals surface area (Å²) in [6.45, 7) is 6.60. The lowest BCUT2D eigenvalue weighted by atomic mass is 9.96. The molecule has 0 aromatic carbocycles. The molecule has 0 saturated carbocycles. The fourth-order valence-electron chi connectivity index (χ4n) is 2.09. The predicted molar refractivity (Wildman–Crippen MR) is 76.3 cm³/mol. The van der Waals surface area contributed by atoms with E-state index in [1.165, 1.54) is 18.5 Å². The summed E-state index contributed by atoms with van der Waals surface area (Å²) in [6, 6.07) is 0.524. The molecule has 1 heterocycles. The SMILES string of the molecule is CCC(C)CC(Cc1c(Br)c(C)nn1C)NC. The van der Waals surface area contributed by atoms with Gasteiger partial charge >= 0.3 is 0 Å². The Morgan fingerprint density at radius 1 is 1.47 bits per heavy atom. The van der Waals surface area contributed by atoms with Crippen molar-refractivity contribution >= 4 is 15.9 Å². The molecule has 1 aromatic rings. The van der Waals surface area contributed by atoms with E-state index in [-0.39, 0.29) is 0 Å². The number of halogens is 1. The van der Waals surface area contributed by atoms with Gasteiger partial charge in [0.1, 0.15) is 0 Å². The second-order valence-electron chi connectivity index (χ2n) is 4.91. The zero-order valence-corrected chi connectivity index (χ0v) is 13.1. The van der Waals surface area contributed by atoms with Crippen LogP contribution in [-0.4, -0.2) is 22.9 Å². The maximum absolute atomic E-state index is 4.44. The fourth-order valence-corrected chi connectivity index (χ4v) is 2.59. The van der Waals surface area contributed by atoms with E-state index in [2.05, 4.69) is 40.2 Å². The molecule has 1 rings (SSSR count). The van der Waals surface area contributed by atoms with Crippen molar-refractivity contribution in [3.05, 3.63) is 15.9 Å². The second kappa shape index (κ2) is 6.55. The maximum atomic E-state index is 4.44. The molecule has 1 N–H and O–H groups in total. The first kappa shape index (κ1) is 14.7. The number of likely N-dealkylation sites (N-methyl/N-ethyl adjacent to an activating group) is 1. The van der Waals surface area contributed by atoms with Gasteiger partial charge in [-0.1, -0.05) is 20.3 Å². The minimum Gasteiger partial charge on any atom is -0.317 e. The van der Waals surface area contributed by atoms with Crippen molar-refractivity contribution in [1.29, 1.82) is 0 Å². The average molecular weight is 302 g/mol. The molecule has 0 aliphatic carbocycles. The van der Waals surface area contributed by atoms with Gasteiger partial charge in [-0.25, -0.2) is 0 Å². The van der Waals surface area contributed by atoms with E-state index < -0.39 is 0 Å². The van der Waals surface area contributed by atoms with Crippen LogP contribution in [0.1, 0.15) is 38.1 Å². The molecular formula is C13H24BrN3. The molecule has 0 aliphatic heterocycles. The molecule has 0 bridgehead atoms. The van der Waals surface area contributed by atoms with Gasteiger partial charge in [-0.15, -0.1) is 0 Å². The lowest BCUT2D eigenvalue weighted by Crippen LogP contribution is -2.30. The van der Waals surface area contributed by atoms with Crippen LogP contribution in [0.3, 0.4) is 0 Å². The van der Waals surface area contributed by atoms with E-state index in [1.54, 1.807) is 0 Å². The first-order valence-electron chi connectivity index (χ1n) is 6.34. The molecule has 17 heavy (non-hydrogen) atoms. The van der Waals surface area contributed by atoms with E-state index >= 15 is 0 Å². The Labute approximate surface area is 113 Å². The van der Waals surface area contributed by atoms with Crippen LogP contribution in [0.2, 0.25) is 0 Å². The minimum atomic E-state index is 0.524. The van der Waals surface area contributed by atoms with Gasteiger partial charge in [0, 0.05) is 19.5 Å². The van der Waals surface area contributed by atoms with Crippen LogP contribution in [0.25, 0.3) is 0 Å². The van der Waals surface area contributed by atoms with Gasteiger partial charge in [0.25, 0.3) is 0 Å². The lowest BCUT2D eigenvalue weighted by Gasteiger charge is -2.20. The van der Waals surface area contributed by atoms with Crippen LogP contribution in [0, 0.1) is 12.8 Å². The zero-order chi connectivity index (χ0) is 13.0. The summed E-state index contributed by atoms with van der Waals surface area (Å²) in [7, 11) is 4.06. The summed E-state index contributed by atoms with van der Waals surface area (Å²) >= 11 is 3.63. The third kappa shape index (κ3) is 3.81. The van der Waals surface area contributed by atoms with Gasteiger partial charge in [-0.2, -0.15) is 5.10 Å². The highest BCUT2D eigenvalue weighted by Gasteiger charge is 2.17. The van der Waals surface area contributed by atoms with Crippen LogP contribution in [0.15, 0.2) is 4.47 Å².